The van der Waals surface area contributed by atoms with Gasteiger partial charge in [-0.05, 0) is 17.7 Å². The molecule has 1 aromatic carbocycles. The summed E-state index contributed by atoms with van der Waals surface area (Å²) in [5.41, 5.74) is 7.18. The van der Waals surface area contributed by atoms with Gasteiger partial charge in [-0.1, -0.05) is 28.1 Å². The standard InChI is InChI=1S/C9H11BrN2.2ClH/c10-8-3-1-7(2-4-8)9(11)5-12-6-9;;/h1-4,12H,5-6,11H2;2*1H. The fraction of sp³-hybridized carbons (Fsp3) is 0.333. The summed E-state index contributed by atoms with van der Waals surface area (Å²) in [5.74, 6) is 0. The predicted molar refractivity (Wildman–Crippen MR) is 67.4 cm³/mol. The van der Waals surface area contributed by atoms with Gasteiger partial charge >= 0.3 is 0 Å². The second kappa shape index (κ2) is 5.33. The monoisotopic (exact) mass is 298 g/mol. The number of rotatable bonds is 1. The fourth-order valence-corrected chi connectivity index (χ4v) is 1.64. The summed E-state index contributed by atoms with van der Waals surface area (Å²) in [5, 5.41) is 3.18. The Kier molecular flexibility index (Phi) is 5.41. The van der Waals surface area contributed by atoms with Crippen molar-refractivity contribution in [2.75, 3.05) is 13.1 Å². The van der Waals surface area contributed by atoms with Crippen LogP contribution in [0.2, 0.25) is 0 Å². The van der Waals surface area contributed by atoms with Crippen LogP contribution < -0.4 is 11.1 Å². The molecule has 14 heavy (non-hydrogen) atoms. The van der Waals surface area contributed by atoms with Crippen LogP contribution in [0.25, 0.3) is 0 Å². The summed E-state index contributed by atoms with van der Waals surface area (Å²) in [4.78, 5) is 0. The molecule has 0 spiro atoms. The lowest BCUT2D eigenvalue weighted by Crippen LogP contribution is -2.62. The molecule has 1 fully saturated rings. The van der Waals surface area contributed by atoms with E-state index in [1.54, 1.807) is 0 Å². The third-order valence-electron chi connectivity index (χ3n) is 2.30. The topological polar surface area (TPSA) is 38.0 Å². The van der Waals surface area contributed by atoms with Gasteiger partial charge in [0.2, 0.25) is 0 Å². The summed E-state index contributed by atoms with van der Waals surface area (Å²) < 4.78 is 1.10. The Morgan fingerprint density at radius 2 is 1.64 bits per heavy atom. The highest BCUT2D eigenvalue weighted by Crippen LogP contribution is 2.23. The Morgan fingerprint density at radius 1 is 1.14 bits per heavy atom. The van der Waals surface area contributed by atoms with Crippen LogP contribution in [-0.4, -0.2) is 13.1 Å². The Balaban J connectivity index is 0.000000845. The minimum atomic E-state index is -0.124. The van der Waals surface area contributed by atoms with Gasteiger partial charge < -0.3 is 11.1 Å². The van der Waals surface area contributed by atoms with Crippen molar-refractivity contribution in [2.24, 2.45) is 5.73 Å². The highest BCUT2D eigenvalue weighted by Gasteiger charge is 2.33. The van der Waals surface area contributed by atoms with Gasteiger partial charge in [0.05, 0.1) is 5.54 Å². The molecule has 0 atom stereocenters. The van der Waals surface area contributed by atoms with Crippen LogP contribution in [0.4, 0.5) is 0 Å². The number of nitrogens with one attached hydrogen (secondary N) is 1. The van der Waals surface area contributed by atoms with E-state index < -0.39 is 0 Å². The molecule has 0 saturated carbocycles. The lowest BCUT2D eigenvalue weighted by atomic mass is 9.86. The second-order valence-electron chi connectivity index (χ2n) is 3.27. The number of benzene rings is 1. The van der Waals surface area contributed by atoms with E-state index in [0.29, 0.717) is 0 Å². The molecule has 0 radical (unpaired) electrons. The fourth-order valence-electron chi connectivity index (χ4n) is 1.38. The van der Waals surface area contributed by atoms with Crippen LogP contribution in [0.1, 0.15) is 5.56 Å². The lowest BCUT2D eigenvalue weighted by Gasteiger charge is -2.39. The first-order chi connectivity index (χ1) is 5.71. The van der Waals surface area contributed by atoms with E-state index >= 15 is 0 Å². The molecular formula is C9H13BrCl2N2. The highest BCUT2D eigenvalue weighted by atomic mass is 79.9. The van der Waals surface area contributed by atoms with Crippen molar-refractivity contribution in [3.8, 4) is 0 Å². The van der Waals surface area contributed by atoms with Crippen molar-refractivity contribution in [2.45, 2.75) is 5.54 Å². The van der Waals surface area contributed by atoms with Crippen LogP contribution in [-0.2, 0) is 5.54 Å². The van der Waals surface area contributed by atoms with E-state index in [1.807, 2.05) is 12.1 Å². The molecule has 1 aliphatic heterocycles. The minimum absolute atomic E-state index is 0. The van der Waals surface area contributed by atoms with Crippen molar-refractivity contribution in [1.29, 1.82) is 0 Å². The van der Waals surface area contributed by atoms with Crippen LogP contribution in [0, 0.1) is 0 Å². The normalized spacial score (nSPS) is 17.3. The molecule has 0 bridgehead atoms. The quantitative estimate of drug-likeness (QED) is 0.833. The molecule has 0 unspecified atom stereocenters. The van der Waals surface area contributed by atoms with Gasteiger partial charge in [0.15, 0.2) is 0 Å². The molecule has 1 heterocycles. The maximum atomic E-state index is 6.10. The molecule has 1 aliphatic rings. The van der Waals surface area contributed by atoms with E-state index in [1.165, 1.54) is 5.56 Å². The number of nitrogens with two attached hydrogens (primary N) is 1. The molecule has 0 aromatic heterocycles. The zero-order valence-corrected chi connectivity index (χ0v) is 10.7. The van der Waals surface area contributed by atoms with E-state index in [2.05, 4.69) is 33.4 Å². The Labute approximate surface area is 105 Å². The van der Waals surface area contributed by atoms with Crippen molar-refractivity contribution in [1.82, 2.24) is 5.32 Å². The Bertz CT molecular complexity index is 285. The van der Waals surface area contributed by atoms with Gasteiger partial charge in [0, 0.05) is 17.6 Å². The largest absolute Gasteiger partial charge is 0.319 e. The first-order valence-electron chi connectivity index (χ1n) is 3.96. The average molecular weight is 300 g/mol. The molecule has 2 nitrogen and oxygen atoms in total. The SMILES string of the molecule is Cl.Cl.NC1(c2ccc(Br)cc2)CNC1. The molecule has 5 heteroatoms. The maximum absolute atomic E-state index is 6.10. The zero-order chi connectivity index (χ0) is 8.60. The van der Waals surface area contributed by atoms with Crippen molar-refractivity contribution >= 4 is 40.7 Å². The van der Waals surface area contributed by atoms with Crippen molar-refractivity contribution < 1.29 is 0 Å². The summed E-state index contributed by atoms with van der Waals surface area (Å²) in [6, 6.07) is 8.21. The van der Waals surface area contributed by atoms with Gasteiger partial charge in [0.25, 0.3) is 0 Å². The highest BCUT2D eigenvalue weighted by molar-refractivity contribution is 9.10. The molecule has 80 valence electrons. The zero-order valence-electron chi connectivity index (χ0n) is 7.50. The van der Waals surface area contributed by atoms with Crippen molar-refractivity contribution in [3.05, 3.63) is 34.3 Å². The molecule has 0 amide bonds. The predicted octanol–water partition coefficient (Wildman–Crippen LogP) is 2.05. The summed E-state index contributed by atoms with van der Waals surface area (Å²) in [6.45, 7) is 1.77. The molecule has 0 aliphatic carbocycles. The average Bonchev–Trinajstić information content (AvgIpc) is 2.02. The number of halogens is 3. The van der Waals surface area contributed by atoms with Gasteiger partial charge in [-0.25, -0.2) is 0 Å². The maximum Gasteiger partial charge on any atom is 0.0662 e. The van der Waals surface area contributed by atoms with Gasteiger partial charge in [-0.15, -0.1) is 24.8 Å². The summed E-state index contributed by atoms with van der Waals surface area (Å²) >= 11 is 3.40. The van der Waals surface area contributed by atoms with Gasteiger partial charge in [-0.3, -0.25) is 0 Å². The summed E-state index contributed by atoms with van der Waals surface area (Å²) in [6.07, 6.45) is 0. The van der Waals surface area contributed by atoms with E-state index in [4.69, 9.17) is 5.73 Å². The van der Waals surface area contributed by atoms with Crippen LogP contribution >= 0.6 is 40.7 Å². The first kappa shape index (κ1) is 14.2. The molecule has 2 rings (SSSR count). The molecular weight excluding hydrogens is 287 g/mol. The number of hydrogen-bond acceptors (Lipinski definition) is 2. The Morgan fingerprint density at radius 3 is 2.00 bits per heavy atom. The first-order valence-corrected chi connectivity index (χ1v) is 4.76. The summed E-state index contributed by atoms with van der Waals surface area (Å²) in [7, 11) is 0. The van der Waals surface area contributed by atoms with Crippen molar-refractivity contribution in [3.63, 3.8) is 0 Å². The van der Waals surface area contributed by atoms with E-state index in [-0.39, 0.29) is 30.4 Å². The van der Waals surface area contributed by atoms with E-state index in [9.17, 15) is 0 Å². The smallest absolute Gasteiger partial charge is 0.0662 e. The lowest BCUT2D eigenvalue weighted by molar-refractivity contribution is 0.287. The van der Waals surface area contributed by atoms with Crippen LogP contribution in [0.3, 0.4) is 0 Å². The molecule has 3 N–H and O–H groups in total. The second-order valence-corrected chi connectivity index (χ2v) is 4.18. The third-order valence-corrected chi connectivity index (χ3v) is 2.83. The minimum Gasteiger partial charge on any atom is -0.319 e. The van der Waals surface area contributed by atoms with Gasteiger partial charge in [-0.2, -0.15) is 0 Å². The third kappa shape index (κ3) is 2.61. The molecule has 1 saturated heterocycles. The Hall–Kier alpha value is 0.200. The number of hydrogen-bond donors (Lipinski definition) is 2. The molecule has 1 aromatic rings. The van der Waals surface area contributed by atoms with Crippen LogP contribution in [0.15, 0.2) is 28.7 Å². The van der Waals surface area contributed by atoms with E-state index in [0.717, 1.165) is 17.6 Å². The van der Waals surface area contributed by atoms with Gasteiger partial charge in [0.1, 0.15) is 0 Å². The van der Waals surface area contributed by atoms with Crippen LogP contribution in [0.5, 0.6) is 0 Å².